The maximum Gasteiger partial charge on any atom is -0.00425 e. The van der Waals surface area contributed by atoms with Crippen LogP contribution in [0.15, 0.2) is 24.3 Å². The van der Waals surface area contributed by atoms with E-state index in [1.165, 1.54) is 16.7 Å². The number of rotatable bonds is 3. The van der Waals surface area contributed by atoms with E-state index in [1.54, 1.807) is 0 Å². The molecule has 70 valence electrons. The summed E-state index contributed by atoms with van der Waals surface area (Å²) in [4.78, 5) is 0. The summed E-state index contributed by atoms with van der Waals surface area (Å²) in [6.07, 6.45) is 5.21. The molecule has 0 unspecified atom stereocenters. The average Bonchev–Trinajstić information content (AvgIpc) is 2.09. The molecule has 1 rings (SSSR count). The molecule has 0 aliphatic rings. The van der Waals surface area contributed by atoms with Crippen molar-refractivity contribution in [3.63, 3.8) is 0 Å². The fourth-order valence-corrected chi connectivity index (χ4v) is 1.32. The van der Waals surface area contributed by atoms with Gasteiger partial charge in [0.2, 0.25) is 0 Å². The van der Waals surface area contributed by atoms with Crippen LogP contribution in [0.25, 0.3) is 6.08 Å². The van der Waals surface area contributed by atoms with Gasteiger partial charge in [-0.1, -0.05) is 35.9 Å². The van der Waals surface area contributed by atoms with Gasteiger partial charge in [0.05, 0.1) is 0 Å². The molecule has 0 saturated heterocycles. The molecule has 1 nitrogen and oxygen atoms in total. The second-order valence-electron chi connectivity index (χ2n) is 3.34. The van der Waals surface area contributed by atoms with E-state index in [4.69, 9.17) is 5.73 Å². The minimum atomic E-state index is 0.724. The molecule has 1 heteroatoms. The lowest BCUT2D eigenvalue weighted by atomic mass is 10.1. The molecule has 0 saturated carbocycles. The fraction of sp³-hybridized carbons (Fsp3) is 0.333. The van der Waals surface area contributed by atoms with Gasteiger partial charge in [0.25, 0.3) is 0 Å². The van der Waals surface area contributed by atoms with Crippen molar-refractivity contribution in [3.8, 4) is 0 Å². The van der Waals surface area contributed by atoms with Crippen LogP contribution in [0, 0.1) is 13.8 Å². The maximum atomic E-state index is 5.40. The van der Waals surface area contributed by atoms with E-state index in [9.17, 15) is 0 Å². The van der Waals surface area contributed by atoms with Crippen LogP contribution in [-0.2, 0) is 0 Å². The first-order chi connectivity index (χ1) is 6.24. The van der Waals surface area contributed by atoms with Gasteiger partial charge in [0.15, 0.2) is 0 Å². The lowest BCUT2D eigenvalue weighted by Gasteiger charge is -2.01. The molecular weight excluding hydrogens is 158 g/mol. The largest absolute Gasteiger partial charge is 0.330 e. The maximum absolute atomic E-state index is 5.40. The number of aryl methyl sites for hydroxylation is 2. The summed E-state index contributed by atoms with van der Waals surface area (Å²) in [6.45, 7) is 4.97. The van der Waals surface area contributed by atoms with Gasteiger partial charge in [-0.25, -0.2) is 0 Å². The number of benzene rings is 1. The highest BCUT2D eigenvalue weighted by Gasteiger charge is 1.92. The molecule has 0 fully saturated rings. The topological polar surface area (TPSA) is 26.0 Å². The lowest BCUT2D eigenvalue weighted by Crippen LogP contribution is -1.95. The van der Waals surface area contributed by atoms with Crippen LogP contribution in [-0.4, -0.2) is 6.54 Å². The van der Waals surface area contributed by atoms with Crippen LogP contribution in [0.2, 0.25) is 0 Å². The van der Waals surface area contributed by atoms with Gasteiger partial charge in [-0.15, -0.1) is 0 Å². The fourth-order valence-electron chi connectivity index (χ4n) is 1.32. The zero-order valence-electron chi connectivity index (χ0n) is 8.38. The third-order valence-electron chi connectivity index (χ3n) is 2.06. The summed E-state index contributed by atoms with van der Waals surface area (Å²) in [5.41, 5.74) is 9.33. The van der Waals surface area contributed by atoms with E-state index in [0.717, 1.165) is 13.0 Å². The first kappa shape index (κ1) is 10.0. The van der Waals surface area contributed by atoms with Gasteiger partial charge in [-0.3, -0.25) is 0 Å². The van der Waals surface area contributed by atoms with E-state index in [1.807, 2.05) is 0 Å². The molecular formula is C12H17N. The highest BCUT2D eigenvalue weighted by atomic mass is 14.5. The number of hydrogen-bond acceptors (Lipinski definition) is 1. The lowest BCUT2D eigenvalue weighted by molar-refractivity contribution is 1.01. The summed E-state index contributed by atoms with van der Waals surface area (Å²) in [6, 6.07) is 6.48. The standard InChI is InChI=1S/C12H17N/c1-10-6-7-12(11(2)9-10)5-3-4-8-13/h3,5-7,9H,4,8,13H2,1-2H3. The van der Waals surface area contributed by atoms with Gasteiger partial charge >= 0.3 is 0 Å². The zero-order chi connectivity index (χ0) is 9.68. The first-order valence-corrected chi connectivity index (χ1v) is 4.68. The number of nitrogens with two attached hydrogens (primary N) is 1. The summed E-state index contributed by atoms with van der Waals surface area (Å²) in [7, 11) is 0. The third kappa shape index (κ3) is 3.03. The molecule has 0 spiro atoms. The Kier molecular flexibility index (Phi) is 3.71. The van der Waals surface area contributed by atoms with Crippen molar-refractivity contribution in [2.75, 3.05) is 6.54 Å². The molecule has 1 aromatic carbocycles. The summed E-state index contributed by atoms with van der Waals surface area (Å²) in [5.74, 6) is 0. The van der Waals surface area contributed by atoms with Crippen molar-refractivity contribution in [1.82, 2.24) is 0 Å². The van der Waals surface area contributed by atoms with E-state index in [-0.39, 0.29) is 0 Å². The Morgan fingerprint density at radius 1 is 1.31 bits per heavy atom. The Morgan fingerprint density at radius 2 is 2.08 bits per heavy atom. The molecule has 0 amide bonds. The van der Waals surface area contributed by atoms with Gasteiger partial charge in [0, 0.05) is 0 Å². The molecule has 1 aromatic rings. The highest BCUT2D eigenvalue weighted by molar-refractivity contribution is 5.54. The van der Waals surface area contributed by atoms with Crippen molar-refractivity contribution < 1.29 is 0 Å². The Hall–Kier alpha value is -1.08. The molecule has 13 heavy (non-hydrogen) atoms. The van der Waals surface area contributed by atoms with Crippen LogP contribution in [0.1, 0.15) is 23.1 Å². The van der Waals surface area contributed by atoms with Gasteiger partial charge in [0.1, 0.15) is 0 Å². The van der Waals surface area contributed by atoms with Crippen LogP contribution < -0.4 is 5.73 Å². The predicted octanol–water partition coefficient (Wildman–Crippen LogP) is 2.67. The highest BCUT2D eigenvalue weighted by Crippen LogP contribution is 2.12. The Bertz CT molecular complexity index is 300. The third-order valence-corrected chi connectivity index (χ3v) is 2.06. The SMILES string of the molecule is Cc1ccc(C=CCCN)c(C)c1. The quantitative estimate of drug-likeness (QED) is 0.751. The molecule has 2 N–H and O–H groups in total. The zero-order valence-corrected chi connectivity index (χ0v) is 8.38. The first-order valence-electron chi connectivity index (χ1n) is 4.68. The van der Waals surface area contributed by atoms with Crippen LogP contribution in [0.4, 0.5) is 0 Å². The summed E-state index contributed by atoms with van der Waals surface area (Å²) >= 11 is 0. The Labute approximate surface area is 80.3 Å². The van der Waals surface area contributed by atoms with Crippen molar-refractivity contribution in [1.29, 1.82) is 0 Å². The van der Waals surface area contributed by atoms with Crippen molar-refractivity contribution in [2.24, 2.45) is 5.73 Å². The van der Waals surface area contributed by atoms with Gasteiger partial charge in [-0.05, 0) is 37.9 Å². The number of hydrogen-bond donors (Lipinski definition) is 1. The molecule has 0 heterocycles. The summed E-state index contributed by atoms with van der Waals surface area (Å²) < 4.78 is 0. The predicted molar refractivity (Wildman–Crippen MR) is 58.6 cm³/mol. The second-order valence-corrected chi connectivity index (χ2v) is 3.34. The van der Waals surface area contributed by atoms with E-state index >= 15 is 0 Å². The molecule has 0 radical (unpaired) electrons. The smallest absolute Gasteiger partial charge is 0.00425 e. The monoisotopic (exact) mass is 175 g/mol. The van der Waals surface area contributed by atoms with Crippen molar-refractivity contribution >= 4 is 6.08 Å². The van der Waals surface area contributed by atoms with Crippen LogP contribution >= 0.6 is 0 Å². The van der Waals surface area contributed by atoms with Crippen molar-refractivity contribution in [2.45, 2.75) is 20.3 Å². The molecule has 0 aliphatic carbocycles. The van der Waals surface area contributed by atoms with Crippen LogP contribution in [0.3, 0.4) is 0 Å². The minimum absolute atomic E-state index is 0.724. The van der Waals surface area contributed by atoms with E-state index in [0.29, 0.717) is 0 Å². The molecule has 0 aromatic heterocycles. The van der Waals surface area contributed by atoms with Crippen LogP contribution in [0.5, 0.6) is 0 Å². The van der Waals surface area contributed by atoms with E-state index in [2.05, 4.69) is 44.2 Å². The minimum Gasteiger partial charge on any atom is -0.330 e. The summed E-state index contributed by atoms with van der Waals surface area (Å²) in [5, 5.41) is 0. The van der Waals surface area contributed by atoms with Gasteiger partial charge in [-0.2, -0.15) is 0 Å². The van der Waals surface area contributed by atoms with E-state index < -0.39 is 0 Å². The normalized spacial score (nSPS) is 11.0. The molecule has 0 atom stereocenters. The van der Waals surface area contributed by atoms with Crippen molar-refractivity contribution in [3.05, 3.63) is 41.0 Å². The van der Waals surface area contributed by atoms with Gasteiger partial charge < -0.3 is 5.73 Å². The average molecular weight is 175 g/mol. The Morgan fingerprint density at radius 3 is 2.69 bits per heavy atom. The Balaban J connectivity index is 2.77. The molecule has 0 aliphatic heterocycles. The second kappa shape index (κ2) is 4.83. The molecule has 0 bridgehead atoms.